The number of hydrogen-bond donors (Lipinski definition) is 0. The Morgan fingerprint density at radius 3 is 2.68 bits per heavy atom. The van der Waals surface area contributed by atoms with Gasteiger partial charge in [-0.3, -0.25) is 9.59 Å². The topological polar surface area (TPSA) is 76.2 Å². The number of morpholine rings is 1. The molecule has 0 atom stereocenters. The van der Waals surface area contributed by atoms with Crippen molar-refractivity contribution in [2.24, 2.45) is 0 Å². The number of aryl methyl sites for hydroxylation is 1. The van der Waals surface area contributed by atoms with Crippen molar-refractivity contribution in [1.29, 1.82) is 0 Å². The Hall–Kier alpha value is -2.52. The molecule has 1 aliphatic heterocycles. The molecule has 3 rings (SSSR count). The number of ether oxygens (including phenoxy) is 2. The average Bonchev–Trinajstić information content (AvgIpc) is 3.04. The molecule has 0 aliphatic carbocycles. The minimum absolute atomic E-state index is 0.0937. The number of carbonyl (C=O) groups excluding carboxylic acids is 3. The van der Waals surface area contributed by atoms with Gasteiger partial charge in [-0.2, -0.15) is 0 Å². The zero-order chi connectivity index (χ0) is 20.3. The summed E-state index contributed by atoms with van der Waals surface area (Å²) in [4.78, 5) is 39.9. The molecule has 7 nitrogen and oxygen atoms in total. The first kappa shape index (κ1) is 20.2. The highest BCUT2D eigenvalue weighted by molar-refractivity contribution is 7.21. The van der Waals surface area contributed by atoms with Gasteiger partial charge in [0.1, 0.15) is 10.7 Å². The van der Waals surface area contributed by atoms with Crippen molar-refractivity contribution >= 4 is 39.2 Å². The summed E-state index contributed by atoms with van der Waals surface area (Å²) >= 11 is 1.12. The summed E-state index contributed by atoms with van der Waals surface area (Å²) in [6.45, 7) is 3.03. The van der Waals surface area contributed by atoms with E-state index in [2.05, 4.69) is 0 Å². The van der Waals surface area contributed by atoms with Crippen molar-refractivity contribution in [3.8, 4) is 0 Å². The van der Waals surface area contributed by atoms with E-state index in [-0.39, 0.29) is 17.3 Å². The highest BCUT2D eigenvalue weighted by Gasteiger charge is 2.23. The number of likely N-dealkylation sites (N-methyl/N-ethyl adjacent to an activating group) is 1. The third kappa shape index (κ3) is 4.31. The second-order valence-corrected chi connectivity index (χ2v) is 7.54. The van der Waals surface area contributed by atoms with Crippen molar-refractivity contribution in [3.63, 3.8) is 0 Å². The van der Waals surface area contributed by atoms with E-state index >= 15 is 0 Å². The fraction of sp³-hybridized carbons (Fsp3) is 0.421. The van der Waals surface area contributed by atoms with Crippen LogP contribution in [0.15, 0.2) is 18.2 Å². The summed E-state index contributed by atoms with van der Waals surface area (Å²) < 4.78 is 24.9. The molecule has 0 bridgehead atoms. The number of esters is 1. The van der Waals surface area contributed by atoms with Gasteiger partial charge < -0.3 is 19.3 Å². The number of thiophene rings is 1. The molecule has 0 saturated carbocycles. The van der Waals surface area contributed by atoms with Gasteiger partial charge in [0.15, 0.2) is 6.61 Å². The van der Waals surface area contributed by atoms with Gasteiger partial charge in [0.25, 0.3) is 5.91 Å². The number of fused-ring (bicyclic) bond motifs is 1. The number of amides is 2. The first-order chi connectivity index (χ1) is 13.4. The van der Waals surface area contributed by atoms with Crippen molar-refractivity contribution < 1.29 is 28.2 Å². The molecule has 2 heterocycles. The molecule has 0 unspecified atom stereocenters. The summed E-state index contributed by atoms with van der Waals surface area (Å²) in [7, 11) is 1.48. The lowest BCUT2D eigenvalue weighted by molar-refractivity contribution is -0.143. The van der Waals surface area contributed by atoms with E-state index in [4.69, 9.17) is 9.47 Å². The molecule has 28 heavy (non-hydrogen) atoms. The Balaban J connectivity index is 1.56. The van der Waals surface area contributed by atoms with Gasteiger partial charge in [-0.1, -0.05) is 6.07 Å². The Labute approximate surface area is 165 Å². The van der Waals surface area contributed by atoms with Gasteiger partial charge in [0.2, 0.25) is 5.91 Å². The number of nitrogens with zero attached hydrogens (tertiary/aromatic N) is 2. The third-order valence-electron chi connectivity index (χ3n) is 4.58. The molecular formula is C19H21FN2O5S. The maximum absolute atomic E-state index is 14.0. The Morgan fingerprint density at radius 1 is 1.29 bits per heavy atom. The van der Waals surface area contributed by atoms with Crippen LogP contribution in [0.1, 0.15) is 15.2 Å². The largest absolute Gasteiger partial charge is 0.451 e. The third-order valence-corrected chi connectivity index (χ3v) is 5.81. The van der Waals surface area contributed by atoms with Gasteiger partial charge in [0, 0.05) is 30.2 Å². The van der Waals surface area contributed by atoms with E-state index in [0.29, 0.717) is 42.0 Å². The number of carbonyl (C=O) groups is 3. The fourth-order valence-electron chi connectivity index (χ4n) is 2.95. The molecule has 0 N–H and O–H groups in total. The van der Waals surface area contributed by atoms with Gasteiger partial charge in [-0.25, -0.2) is 9.18 Å². The molecule has 1 saturated heterocycles. The Morgan fingerprint density at radius 2 is 2.00 bits per heavy atom. The lowest BCUT2D eigenvalue weighted by Gasteiger charge is -2.28. The molecule has 9 heteroatoms. The van der Waals surface area contributed by atoms with Crippen molar-refractivity contribution in [2.75, 3.05) is 46.5 Å². The second kappa shape index (κ2) is 8.66. The van der Waals surface area contributed by atoms with Crippen LogP contribution in [-0.4, -0.2) is 74.1 Å². The summed E-state index contributed by atoms with van der Waals surface area (Å²) in [5.41, 5.74) is 0.492. The fourth-order valence-corrected chi connectivity index (χ4v) is 4.07. The zero-order valence-corrected chi connectivity index (χ0v) is 16.5. The van der Waals surface area contributed by atoms with Crippen molar-refractivity contribution in [3.05, 3.63) is 34.5 Å². The SMILES string of the molecule is Cc1c(C(=O)OCC(=O)N(C)CC(=O)N2CCOCC2)sc2cccc(F)c12. The lowest BCUT2D eigenvalue weighted by atomic mass is 10.1. The highest BCUT2D eigenvalue weighted by atomic mass is 32.1. The van der Waals surface area contributed by atoms with E-state index in [1.54, 1.807) is 24.0 Å². The number of hydrogen-bond acceptors (Lipinski definition) is 6. The molecule has 0 radical (unpaired) electrons. The Kier molecular flexibility index (Phi) is 6.25. The minimum Gasteiger partial charge on any atom is -0.451 e. The second-order valence-electron chi connectivity index (χ2n) is 6.49. The first-order valence-corrected chi connectivity index (χ1v) is 9.64. The standard InChI is InChI=1S/C19H21FN2O5S/c1-12-17-13(20)4-3-5-14(17)28-18(12)19(25)27-11-16(24)21(2)10-15(23)22-6-8-26-9-7-22/h3-5H,6-11H2,1-2H3. The normalized spacial score (nSPS) is 14.2. The summed E-state index contributed by atoms with van der Waals surface area (Å²) in [5, 5.41) is 0.388. The van der Waals surface area contributed by atoms with E-state index in [9.17, 15) is 18.8 Å². The van der Waals surface area contributed by atoms with Gasteiger partial charge in [-0.05, 0) is 24.6 Å². The van der Waals surface area contributed by atoms with E-state index in [1.807, 2.05) is 0 Å². The van der Waals surface area contributed by atoms with Crippen LogP contribution in [0.3, 0.4) is 0 Å². The summed E-state index contributed by atoms with van der Waals surface area (Å²) in [6.07, 6.45) is 0. The monoisotopic (exact) mass is 408 g/mol. The number of rotatable bonds is 5. The molecule has 1 aromatic carbocycles. The van der Waals surface area contributed by atoms with Crippen molar-refractivity contribution in [1.82, 2.24) is 9.80 Å². The highest BCUT2D eigenvalue weighted by Crippen LogP contribution is 2.32. The van der Waals surface area contributed by atoms with E-state index < -0.39 is 24.3 Å². The molecule has 0 spiro atoms. The van der Waals surface area contributed by atoms with E-state index in [1.165, 1.54) is 18.0 Å². The predicted octanol–water partition coefficient (Wildman–Crippen LogP) is 1.82. The van der Waals surface area contributed by atoms with Crippen molar-refractivity contribution in [2.45, 2.75) is 6.92 Å². The van der Waals surface area contributed by atoms with Crippen LogP contribution in [0.5, 0.6) is 0 Å². The average molecular weight is 408 g/mol. The number of benzene rings is 1. The maximum Gasteiger partial charge on any atom is 0.349 e. The molecule has 150 valence electrons. The molecule has 1 fully saturated rings. The molecule has 2 amide bonds. The maximum atomic E-state index is 14.0. The van der Waals surface area contributed by atoms with Crippen LogP contribution in [-0.2, 0) is 19.1 Å². The lowest BCUT2D eigenvalue weighted by Crippen LogP contribution is -2.46. The van der Waals surface area contributed by atoms with Gasteiger partial charge in [-0.15, -0.1) is 11.3 Å². The van der Waals surface area contributed by atoms with Crippen LogP contribution in [0.25, 0.3) is 10.1 Å². The molecule has 2 aromatic rings. The molecular weight excluding hydrogens is 387 g/mol. The summed E-state index contributed by atoms with van der Waals surface area (Å²) in [6, 6.07) is 4.64. The van der Waals surface area contributed by atoms with Gasteiger partial charge in [0.05, 0.1) is 19.8 Å². The van der Waals surface area contributed by atoms with Crippen LogP contribution in [0.4, 0.5) is 4.39 Å². The van der Waals surface area contributed by atoms with Crippen LogP contribution in [0.2, 0.25) is 0 Å². The molecule has 1 aromatic heterocycles. The Bertz CT molecular complexity index is 907. The van der Waals surface area contributed by atoms with Gasteiger partial charge >= 0.3 is 5.97 Å². The smallest absolute Gasteiger partial charge is 0.349 e. The quantitative estimate of drug-likeness (QED) is 0.706. The first-order valence-electron chi connectivity index (χ1n) is 8.82. The van der Waals surface area contributed by atoms with Crippen LogP contribution in [0, 0.1) is 12.7 Å². The number of halogens is 1. The predicted molar refractivity (Wildman–Crippen MR) is 102 cm³/mol. The minimum atomic E-state index is -0.681. The molecule has 1 aliphatic rings. The summed E-state index contributed by atoms with van der Waals surface area (Å²) in [5.74, 6) is -1.75. The van der Waals surface area contributed by atoms with Crippen LogP contribution < -0.4 is 0 Å². The van der Waals surface area contributed by atoms with Crippen LogP contribution >= 0.6 is 11.3 Å². The van der Waals surface area contributed by atoms with E-state index in [0.717, 1.165) is 11.3 Å². The zero-order valence-electron chi connectivity index (χ0n) is 15.7.